The summed E-state index contributed by atoms with van der Waals surface area (Å²) in [4.78, 5) is 24.9. The van der Waals surface area contributed by atoms with E-state index in [1.807, 2.05) is 0 Å². The monoisotopic (exact) mass is 341 g/mol. The summed E-state index contributed by atoms with van der Waals surface area (Å²) in [5.41, 5.74) is -2.19. The molecule has 6 nitrogen and oxygen atoms in total. The molecule has 0 spiro atoms. The zero-order valence-electron chi connectivity index (χ0n) is 13.4. The minimum absolute atomic E-state index is 0.183. The van der Waals surface area contributed by atoms with Gasteiger partial charge in [-0.3, -0.25) is 9.53 Å². The van der Waals surface area contributed by atoms with Crippen LogP contribution in [0.25, 0.3) is 0 Å². The Morgan fingerprint density at radius 2 is 1.87 bits per heavy atom. The summed E-state index contributed by atoms with van der Waals surface area (Å²) in [6.07, 6.45) is -5.25. The lowest BCUT2D eigenvalue weighted by Gasteiger charge is -2.40. The summed E-state index contributed by atoms with van der Waals surface area (Å²) < 4.78 is 45.1. The van der Waals surface area contributed by atoms with Crippen molar-refractivity contribution in [3.05, 3.63) is 0 Å². The molecule has 0 aromatic carbocycles. The molecule has 0 aliphatic carbocycles. The van der Waals surface area contributed by atoms with E-state index < -0.39 is 36.0 Å². The quantitative estimate of drug-likeness (QED) is 0.851. The van der Waals surface area contributed by atoms with Crippen molar-refractivity contribution in [3.63, 3.8) is 0 Å². The molecule has 1 aliphatic heterocycles. The van der Waals surface area contributed by atoms with Crippen molar-refractivity contribution < 1.29 is 37.3 Å². The largest absolute Gasteiger partial charge is 0.522 e. The zero-order chi connectivity index (χ0) is 17.9. The number of nitrogens with zero attached hydrogens (tertiary/aromatic N) is 1. The number of piperidine rings is 1. The average Bonchev–Trinajstić information content (AvgIpc) is 2.35. The summed E-state index contributed by atoms with van der Waals surface area (Å²) in [6.45, 7) is 4.38. The first-order chi connectivity index (χ1) is 10.3. The standard InChI is InChI=1S/C14H22F3NO5/c1-12(2,3)23-11(21)18-7-4-5-13(9-18,10(19)20)6-8-22-14(15,16)17/h4-9H2,1-3H3,(H,19,20). The Bertz CT molecular complexity index is 447. The third kappa shape index (κ3) is 6.25. The minimum atomic E-state index is -4.81. The van der Waals surface area contributed by atoms with Crippen LogP contribution in [0.3, 0.4) is 0 Å². The van der Waals surface area contributed by atoms with Crippen LogP contribution >= 0.6 is 0 Å². The number of carbonyl (C=O) groups excluding carboxylic acids is 1. The van der Waals surface area contributed by atoms with Crippen LogP contribution in [0, 0.1) is 5.41 Å². The third-order valence-electron chi connectivity index (χ3n) is 3.53. The highest BCUT2D eigenvalue weighted by molar-refractivity contribution is 5.77. The second kappa shape index (κ2) is 6.94. The molecule has 0 saturated carbocycles. The molecule has 1 saturated heterocycles. The molecule has 0 radical (unpaired) electrons. The van der Waals surface area contributed by atoms with Crippen molar-refractivity contribution in [3.8, 4) is 0 Å². The van der Waals surface area contributed by atoms with Crippen LogP contribution in [0.5, 0.6) is 0 Å². The van der Waals surface area contributed by atoms with Gasteiger partial charge in [0.15, 0.2) is 0 Å². The van der Waals surface area contributed by atoms with Crippen LogP contribution in [0.4, 0.5) is 18.0 Å². The molecule has 0 aromatic rings. The van der Waals surface area contributed by atoms with Gasteiger partial charge in [-0.25, -0.2) is 4.79 Å². The molecule has 0 aromatic heterocycles. The number of amides is 1. The molecule has 23 heavy (non-hydrogen) atoms. The summed E-state index contributed by atoms with van der Waals surface area (Å²) in [7, 11) is 0. The van der Waals surface area contributed by atoms with E-state index in [4.69, 9.17) is 4.74 Å². The fraction of sp³-hybridized carbons (Fsp3) is 0.857. The minimum Gasteiger partial charge on any atom is -0.481 e. The number of carboxylic acids is 1. The SMILES string of the molecule is CC(C)(C)OC(=O)N1CCCC(CCOC(F)(F)F)(C(=O)O)C1. The fourth-order valence-corrected chi connectivity index (χ4v) is 2.46. The maximum absolute atomic E-state index is 12.1. The topological polar surface area (TPSA) is 76.1 Å². The summed E-state index contributed by atoms with van der Waals surface area (Å²) >= 11 is 0. The number of carboxylic acid groups (broad SMARTS) is 1. The van der Waals surface area contributed by atoms with Crippen molar-refractivity contribution in [1.29, 1.82) is 0 Å². The van der Waals surface area contributed by atoms with Crippen LogP contribution in [0.15, 0.2) is 0 Å². The number of aliphatic carboxylic acids is 1. The van der Waals surface area contributed by atoms with Crippen LogP contribution in [-0.2, 0) is 14.3 Å². The summed E-state index contributed by atoms with van der Waals surface area (Å²) in [5, 5.41) is 9.43. The molecule has 1 amide bonds. The Labute approximate surface area is 132 Å². The van der Waals surface area contributed by atoms with E-state index >= 15 is 0 Å². The molecule has 134 valence electrons. The number of likely N-dealkylation sites (tertiary alicyclic amines) is 1. The average molecular weight is 341 g/mol. The lowest BCUT2D eigenvalue weighted by Crippen LogP contribution is -2.51. The lowest BCUT2D eigenvalue weighted by molar-refractivity contribution is -0.326. The number of halogens is 3. The molecule has 1 heterocycles. The van der Waals surface area contributed by atoms with Crippen molar-refractivity contribution in [2.45, 2.75) is 52.0 Å². The van der Waals surface area contributed by atoms with Crippen molar-refractivity contribution in [1.82, 2.24) is 4.90 Å². The number of ether oxygens (including phenoxy) is 2. The summed E-state index contributed by atoms with van der Waals surface area (Å²) in [5.74, 6) is -1.24. The first kappa shape index (κ1) is 19.5. The molecule has 1 unspecified atom stereocenters. The molecule has 1 fully saturated rings. The van der Waals surface area contributed by atoms with E-state index in [1.165, 1.54) is 4.90 Å². The predicted molar refractivity (Wildman–Crippen MR) is 73.7 cm³/mol. The first-order valence-corrected chi connectivity index (χ1v) is 7.27. The van der Waals surface area contributed by atoms with Crippen LogP contribution in [0.2, 0.25) is 0 Å². The van der Waals surface area contributed by atoms with E-state index in [0.717, 1.165) is 0 Å². The Balaban J connectivity index is 2.76. The van der Waals surface area contributed by atoms with Crippen LogP contribution < -0.4 is 0 Å². The third-order valence-corrected chi connectivity index (χ3v) is 3.53. The number of hydrogen-bond donors (Lipinski definition) is 1. The van der Waals surface area contributed by atoms with E-state index in [2.05, 4.69) is 4.74 Å². The van der Waals surface area contributed by atoms with Gasteiger partial charge in [-0.15, -0.1) is 13.2 Å². The van der Waals surface area contributed by atoms with Gasteiger partial charge >= 0.3 is 18.4 Å². The number of rotatable bonds is 4. The predicted octanol–water partition coefficient (Wildman–Crippen LogP) is 3.01. The van der Waals surface area contributed by atoms with Crippen molar-refractivity contribution >= 4 is 12.1 Å². The smallest absolute Gasteiger partial charge is 0.481 e. The van der Waals surface area contributed by atoms with E-state index in [-0.39, 0.29) is 19.4 Å². The highest BCUT2D eigenvalue weighted by Gasteiger charge is 2.45. The van der Waals surface area contributed by atoms with Gasteiger partial charge in [0.1, 0.15) is 5.60 Å². The molecule has 9 heteroatoms. The van der Waals surface area contributed by atoms with Gasteiger partial charge in [0.25, 0.3) is 0 Å². The molecule has 1 atom stereocenters. The van der Waals surface area contributed by atoms with Gasteiger partial charge in [0, 0.05) is 13.1 Å². The molecule has 1 aliphatic rings. The van der Waals surface area contributed by atoms with Gasteiger partial charge < -0.3 is 14.7 Å². The molecule has 1 N–H and O–H groups in total. The van der Waals surface area contributed by atoms with Crippen molar-refractivity contribution in [2.24, 2.45) is 5.41 Å². The van der Waals surface area contributed by atoms with E-state index in [0.29, 0.717) is 13.0 Å². The maximum atomic E-state index is 12.1. The van der Waals surface area contributed by atoms with Gasteiger partial charge in [-0.05, 0) is 40.0 Å². The van der Waals surface area contributed by atoms with Crippen LogP contribution in [-0.4, -0.2) is 53.7 Å². The van der Waals surface area contributed by atoms with E-state index in [9.17, 15) is 27.9 Å². The Kier molecular flexibility index (Phi) is 5.89. The van der Waals surface area contributed by atoms with Crippen molar-refractivity contribution in [2.75, 3.05) is 19.7 Å². The van der Waals surface area contributed by atoms with Gasteiger partial charge in [-0.1, -0.05) is 0 Å². The fourth-order valence-electron chi connectivity index (χ4n) is 2.46. The number of alkyl halides is 3. The highest BCUT2D eigenvalue weighted by atomic mass is 19.4. The van der Waals surface area contributed by atoms with Gasteiger partial charge in [0.05, 0.1) is 12.0 Å². The normalized spacial score (nSPS) is 22.8. The second-order valence-corrected chi connectivity index (χ2v) is 6.64. The van der Waals surface area contributed by atoms with Crippen LogP contribution in [0.1, 0.15) is 40.0 Å². The van der Waals surface area contributed by atoms with Gasteiger partial charge in [-0.2, -0.15) is 0 Å². The number of hydrogen-bond acceptors (Lipinski definition) is 4. The number of carbonyl (C=O) groups is 2. The first-order valence-electron chi connectivity index (χ1n) is 7.27. The molecule has 1 rings (SSSR count). The highest BCUT2D eigenvalue weighted by Crippen LogP contribution is 2.35. The zero-order valence-corrected chi connectivity index (χ0v) is 13.4. The molecular formula is C14H22F3NO5. The molecule has 0 bridgehead atoms. The summed E-state index contributed by atoms with van der Waals surface area (Å²) in [6, 6.07) is 0. The lowest BCUT2D eigenvalue weighted by atomic mass is 9.77. The Morgan fingerprint density at radius 1 is 1.26 bits per heavy atom. The Hall–Kier alpha value is -1.51. The maximum Gasteiger partial charge on any atom is 0.522 e. The van der Waals surface area contributed by atoms with E-state index in [1.54, 1.807) is 20.8 Å². The Morgan fingerprint density at radius 3 is 2.35 bits per heavy atom. The second-order valence-electron chi connectivity index (χ2n) is 6.64. The molecular weight excluding hydrogens is 319 g/mol. The van der Waals surface area contributed by atoms with Gasteiger partial charge in [0.2, 0.25) is 0 Å².